The number of fused-ring (bicyclic) bond motifs is 7. The first-order valence-electron chi connectivity index (χ1n) is 13.0. The maximum atomic E-state index is 2.80. The summed E-state index contributed by atoms with van der Waals surface area (Å²) in [5.41, 5.74) is 2.90. The summed E-state index contributed by atoms with van der Waals surface area (Å²) < 4.78 is 0.865. The van der Waals surface area contributed by atoms with Gasteiger partial charge in [-0.15, -0.1) is 0 Å². The van der Waals surface area contributed by atoms with Gasteiger partial charge in [0.05, 0.1) is 0 Å². The fourth-order valence-electron chi connectivity index (χ4n) is 11.3. The summed E-state index contributed by atoms with van der Waals surface area (Å²) >= 11 is 2.80. The Balaban J connectivity index is 1.54. The molecule has 0 heterocycles. The van der Waals surface area contributed by atoms with Crippen LogP contribution in [0.4, 0.5) is 0 Å². The van der Waals surface area contributed by atoms with Crippen LogP contribution in [-0.4, -0.2) is 3.92 Å². The second kappa shape index (κ2) is 6.40. The van der Waals surface area contributed by atoms with E-state index in [9.17, 15) is 0 Å². The topological polar surface area (TPSA) is 0 Å². The minimum atomic E-state index is 0.512. The van der Waals surface area contributed by atoms with Crippen LogP contribution in [-0.2, 0) is 0 Å². The molecule has 10 atom stereocenters. The SMILES string of the molecule is C[C@@H]1CC[C@]2(C)CC[C@]3(C)C(CCC4[C@@]5(C)CCC(I)C(C)(C)C5CC[C@]43C)C12. The van der Waals surface area contributed by atoms with E-state index in [2.05, 4.69) is 71.1 Å². The highest BCUT2D eigenvalue weighted by Gasteiger charge is 2.69. The van der Waals surface area contributed by atoms with Gasteiger partial charge in [0.2, 0.25) is 0 Å². The van der Waals surface area contributed by atoms with Gasteiger partial charge < -0.3 is 0 Å². The molecule has 0 spiro atoms. The van der Waals surface area contributed by atoms with Crippen molar-refractivity contribution < 1.29 is 0 Å². The van der Waals surface area contributed by atoms with Crippen molar-refractivity contribution in [2.45, 2.75) is 117 Å². The quantitative estimate of drug-likeness (QED) is 0.225. The van der Waals surface area contributed by atoms with Crippen molar-refractivity contribution >= 4 is 22.6 Å². The van der Waals surface area contributed by atoms with Crippen molar-refractivity contribution in [2.75, 3.05) is 0 Å². The van der Waals surface area contributed by atoms with Crippen molar-refractivity contribution in [1.82, 2.24) is 0 Å². The highest BCUT2D eigenvalue weighted by molar-refractivity contribution is 14.1. The summed E-state index contributed by atoms with van der Waals surface area (Å²) in [4.78, 5) is 0. The van der Waals surface area contributed by atoms with Gasteiger partial charge in [0, 0.05) is 3.92 Å². The van der Waals surface area contributed by atoms with Crippen LogP contribution < -0.4 is 0 Å². The Labute approximate surface area is 195 Å². The van der Waals surface area contributed by atoms with Crippen molar-refractivity contribution in [3.05, 3.63) is 0 Å². The predicted molar refractivity (Wildman–Crippen MR) is 133 cm³/mol. The number of hydrogen-bond donors (Lipinski definition) is 0. The lowest BCUT2D eigenvalue weighted by molar-refractivity contribution is -0.234. The van der Waals surface area contributed by atoms with Gasteiger partial charge in [0.1, 0.15) is 0 Å². The monoisotopic (exact) mass is 510 g/mol. The van der Waals surface area contributed by atoms with Gasteiger partial charge in [0.25, 0.3) is 0 Å². The lowest BCUT2D eigenvalue weighted by atomic mass is 9.32. The minimum absolute atomic E-state index is 0.512. The molecule has 1 heteroatoms. The van der Waals surface area contributed by atoms with Crippen LogP contribution in [0.5, 0.6) is 0 Å². The first-order chi connectivity index (χ1) is 13.4. The molecule has 5 fully saturated rings. The summed E-state index contributed by atoms with van der Waals surface area (Å²) in [7, 11) is 0. The fraction of sp³-hybridized carbons (Fsp3) is 1.00. The Morgan fingerprint density at radius 2 is 1.38 bits per heavy atom. The van der Waals surface area contributed by atoms with E-state index in [1.165, 1.54) is 64.2 Å². The third-order valence-electron chi connectivity index (χ3n) is 13.1. The largest absolute Gasteiger partial charge is 0.0820 e. The molecule has 29 heavy (non-hydrogen) atoms. The number of alkyl halides is 1. The third-order valence-corrected chi connectivity index (χ3v) is 15.3. The molecule has 0 bridgehead atoms. The molecule has 0 amide bonds. The summed E-state index contributed by atoms with van der Waals surface area (Å²) in [5, 5.41) is 0. The van der Waals surface area contributed by atoms with Crippen LogP contribution in [0.15, 0.2) is 0 Å². The maximum Gasteiger partial charge on any atom is 0.0164 e. The van der Waals surface area contributed by atoms with Gasteiger partial charge in [-0.1, -0.05) is 71.1 Å². The van der Waals surface area contributed by atoms with Crippen LogP contribution >= 0.6 is 22.6 Å². The fourth-order valence-corrected chi connectivity index (χ4v) is 12.0. The highest BCUT2D eigenvalue weighted by Crippen LogP contribution is 2.77. The van der Waals surface area contributed by atoms with Gasteiger partial charge in [0.15, 0.2) is 0 Å². The van der Waals surface area contributed by atoms with E-state index in [0.717, 1.165) is 33.5 Å². The standard InChI is InChI=1S/C28H47I/c1-18-10-13-25(4)16-17-27(6)19(23(18)25)8-9-21-26(5)14-12-22(29)24(2,3)20(26)11-15-28(21,27)7/h18-23H,8-17H2,1-7H3/t18-,19?,20?,21?,22?,23?,25-,26+,27-,28-/m1/s1. The molecule has 5 rings (SSSR count). The smallest absolute Gasteiger partial charge is 0.0164 e. The van der Waals surface area contributed by atoms with Crippen LogP contribution in [0.3, 0.4) is 0 Å². The summed E-state index contributed by atoms with van der Waals surface area (Å²) in [5.74, 6) is 4.85. The Bertz CT molecular complexity index is 682. The normalized spacial score (nSPS) is 61.2. The third kappa shape index (κ3) is 2.55. The summed E-state index contributed by atoms with van der Waals surface area (Å²) in [6, 6.07) is 0. The molecule has 0 nitrogen and oxygen atoms in total. The zero-order valence-electron chi connectivity index (χ0n) is 20.4. The van der Waals surface area contributed by atoms with Crippen molar-refractivity contribution in [2.24, 2.45) is 56.7 Å². The molecular formula is C28H47I. The first kappa shape index (κ1) is 21.6. The van der Waals surface area contributed by atoms with E-state index in [4.69, 9.17) is 0 Å². The Hall–Kier alpha value is 0.730. The van der Waals surface area contributed by atoms with Crippen LogP contribution in [0.1, 0.15) is 113 Å². The molecule has 166 valence electrons. The second-order valence-electron chi connectivity index (χ2n) is 14.2. The molecule has 0 aromatic heterocycles. The Morgan fingerprint density at radius 1 is 0.655 bits per heavy atom. The van der Waals surface area contributed by atoms with Gasteiger partial charge >= 0.3 is 0 Å². The predicted octanol–water partition coefficient (Wildman–Crippen LogP) is 8.91. The van der Waals surface area contributed by atoms with Crippen LogP contribution in [0.2, 0.25) is 0 Å². The van der Waals surface area contributed by atoms with E-state index < -0.39 is 0 Å². The molecule has 0 aromatic rings. The lowest BCUT2D eigenvalue weighted by Gasteiger charge is -2.73. The van der Waals surface area contributed by atoms with Crippen LogP contribution in [0.25, 0.3) is 0 Å². The van der Waals surface area contributed by atoms with E-state index in [1.54, 1.807) is 0 Å². The zero-order chi connectivity index (χ0) is 21.0. The maximum absolute atomic E-state index is 2.80. The molecule has 0 radical (unpaired) electrons. The van der Waals surface area contributed by atoms with E-state index in [1.807, 2.05) is 0 Å². The second-order valence-corrected chi connectivity index (χ2v) is 15.7. The molecule has 0 saturated heterocycles. The summed E-state index contributed by atoms with van der Waals surface area (Å²) in [6.07, 6.45) is 15.1. The van der Waals surface area contributed by atoms with Crippen LogP contribution in [0, 0.1) is 56.7 Å². The zero-order valence-corrected chi connectivity index (χ0v) is 22.6. The summed E-state index contributed by atoms with van der Waals surface area (Å²) in [6.45, 7) is 18.9. The van der Waals surface area contributed by atoms with Gasteiger partial charge in [-0.25, -0.2) is 0 Å². The number of hydrogen-bond acceptors (Lipinski definition) is 0. The molecular weight excluding hydrogens is 463 g/mol. The van der Waals surface area contributed by atoms with E-state index in [-0.39, 0.29) is 0 Å². The Morgan fingerprint density at radius 3 is 2.10 bits per heavy atom. The molecule has 0 aliphatic heterocycles. The molecule has 0 N–H and O–H groups in total. The number of rotatable bonds is 0. The lowest BCUT2D eigenvalue weighted by Crippen LogP contribution is -2.66. The first-order valence-corrected chi connectivity index (χ1v) is 14.3. The average molecular weight is 511 g/mol. The molecule has 5 aliphatic rings. The molecule has 5 aliphatic carbocycles. The molecule has 5 unspecified atom stereocenters. The van der Waals surface area contributed by atoms with Crippen molar-refractivity contribution in [1.29, 1.82) is 0 Å². The van der Waals surface area contributed by atoms with Gasteiger partial charge in [-0.2, -0.15) is 0 Å². The average Bonchev–Trinajstić information content (AvgIpc) is 2.95. The van der Waals surface area contributed by atoms with Crippen molar-refractivity contribution in [3.8, 4) is 0 Å². The van der Waals surface area contributed by atoms with E-state index in [0.29, 0.717) is 27.1 Å². The van der Waals surface area contributed by atoms with Gasteiger partial charge in [-0.05, 0) is 121 Å². The van der Waals surface area contributed by atoms with Crippen molar-refractivity contribution in [3.63, 3.8) is 0 Å². The minimum Gasteiger partial charge on any atom is -0.0820 e. The van der Waals surface area contributed by atoms with E-state index >= 15 is 0 Å². The molecule has 0 aromatic carbocycles. The molecule has 5 saturated carbocycles. The number of halogens is 1. The van der Waals surface area contributed by atoms with Gasteiger partial charge in [-0.3, -0.25) is 0 Å². The highest BCUT2D eigenvalue weighted by atomic mass is 127. The Kier molecular flexibility index (Phi) is 4.76.